The van der Waals surface area contributed by atoms with Gasteiger partial charge in [-0.3, -0.25) is 4.79 Å². The quantitative estimate of drug-likeness (QED) is 0.695. The number of carbonyl (C=O) groups excluding carboxylic acids is 1. The van der Waals surface area contributed by atoms with Gasteiger partial charge in [-0.2, -0.15) is 0 Å². The Morgan fingerprint density at radius 2 is 2.31 bits per heavy atom. The summed E-state index contributed by atoms with van der Waals surface area (Å²) >= 11 is 0. The van der Waals surface area contributed by atoms with Crippen LogP contribution < -0.4 is 5.73 Å². The van der Waals surface area contributed by atoms with Crippen molar-refractivity contribution in [2.75, 3.05) is 13.1 Å². The Morgan fingerprint density at radius 3 is 2.92 bits per heavy atom. The normalized spacial score (nSPS) is 27.2. The van der Waals surface area contributed by atoms with Crippen LogP contribution in [0, 0.1) is 5.92 Å². The average molecular weight is 184 g/mol. The van der Waals surface area contributed by atoms with Crippen molar-refractivity contribution in [3.8, 4) is 0 Å². The Hall–Kier alpha value is -0.570. The van der Waals surface area contributed by atoms with Gasteiger partial charge in [-0.15, -0.1) is 0 Å². The summed E-state index contributed by atoms with van der Waals surface area (Å²) in [5.41, 5.74) is 5.68. The third-order valence-electron chi connectivity index (χ3n) is 2.60. The summed E-state index contributed by atoms with van der Waals surface area (Å²) < 4.78 is 0. The monoisotopic (exact) mass is 184 g/mol. The third kappa shape index (κ3) is 3.35. The zero-order chi connectivity index (χ0) is 9.84. The van der Waals surface area contributed by atoms with Gasteiger partial charge < -0.3 is 10.6 Å². The molecule has 0 aromatic heterocycles. The molecule has 0 aliphatic carbocycles. The SMILES string of the molecule is CC1CCC(=O)N(C[C@H](C)N)CC1. The van der Waals surface area contributed by atoms with Gasteiger partial charge in [-0.1, -0.05) is 6.92 Å². The summed E-state index contributed by atoms with van der Waals surface area (Å²) in [6, 6.07) is 0.0948. The van der Waals surface area contributed by atoms with Crippen LogP contribution in [0.5, 0.6) is 0 Å². The minimum Gasteiger partial charge on any atom is -0.341 e. The van der Waals surface area contributed by atoms with Gasteiger partial charge in [0.1, 0.15) is 0 Å². The Balaban J connectivity index is 2.47. The molecule has 1 aliphatic heterocycles. The van der Waals surface area contributed by atoms with Crippen LogP contribution in [0.1, 0.15) is 33.1 Å². The van der Waals surface area contributed by atoms with Gasteiger partial charge in [0.15, 0.2) is 0 Å². The van der Waals surface area contributed by atoms with E-state index < -0.39 is 0 Å². The fourth-order valence-electron chi connectivity index (χ4n) is 1.71. The number of carbonyl (C=O) groups is 1. The molecule has 1 heterocycles. The molecule has 1 amide bonds. The maximum Gasteiger partial charge on any atom is 0.222 e. The molecule has 1 saturated heterocycles. The van der Waals surface area contributed by atoms with Crippen molar-refractivity contribution in [2.24, 2.45) is 11.7 Å². The minimum atomic E-state index is 0.0948. The van der Waals surface area contributed by atoms with Crippen molar-refractivity contribution in [3.63, 3.8) is 0 Å². The van der Waals surface area contributed by atoms with Crippen LogP contribution in [0.3, 0.4) is 0 Å². The summed E-state index contributed by atoms with van der Waals surface area (Å²) in [5, 5.41) is 0. The third-order valence-corrected chi connectivity index (χ3v) is 2.60. The largest absolute Gasteiger partial charge is 0.341 e. The first-order valence-electron chi connectivity index (χ1n) is 5.13. The Bertz CT molecular complexity index is 180. The predicted molar refractivity (Wildman–Crippen MR) is 53.2 cm³/mol. The van der Waals surface area contributed by atoms with E-state index in [1.165, 1.54) is 0 Å². The van der Waals surface area contributed by atoms with Crippen molar-refractivity contribution < 1.29 is 4.79 Å². The molecule has 1 unspecified atom stereocenters. The highest BCUT2D eigenvalue weighted by molar-refractivity contribution is 5.76. The average Bonchev–Trinajstić information content (AvgIpc) is 2.19. The van der Waals surface area contributed by atoms with Crippen molar-refractivity contribution >= 4 is 5.91 Å². The second-order valence-electron chi connectivity index (χ2n) is 4.25. The first-order valence-corrected chi connectivity index (χ1v) is 5.13. The Morgan fingerprint density at radius 1 is 1.62 bits per heavy atom. The van der Waals surface area contributed by atoms with Crippen molar-refractivity contribution in [1.82, 2.24) is 4.90 Å². The number of hydrogen-bond acceptors (Lipinski definition) is 2. The molecule has 76 valence electrons. The van der Waals surface area contributed by atoms with Gasteiger partial charge in [0.05, 0.1) is 0 Å². The molecule has 1 fully saturated rings. The van der Waals surface area contributed by atoms with E-state index in [4.69, 9.17) is 5.73 Å². The van der Waals surface area contributed by atoms with E-state index in [2.05, 4.69) is 6.92 Å². The lowest BCUT2D eigenvalue weighted by Gasteiger charge is -2.22. The molecule has 0 bridgehead atoms. The molecule has 1 rings (SSSR count). The maximum atomic E-state index is 11.6. The molecule has 0 saturated carbocycles. The first kappa shape index (κ1) is 10.5. The van der Waals surface area contributed by atoms with Gasteiger partial charge in [-0.05, 0) is 25.7 Å². The van der Waals surface area contributed by atoms with Crippen LogP contribution in [0.4, 0.5) is 0 Å². The highest BCUT2D eigenvalue weighted by Gasteiger charge is 2.20. The van der Waals surface area contributed by atoms with Gasteiger partial charge in [-0.25, -0.2) is 0 Å². The van der Waals surface area contributed by atoms with Gasteiger partial charge in [0.2, 0.25) is 5.91 Å². The van der Waals surface area contributed by atoms with Gasteiger partial charge >= 0.3 is 0 Å². The van der Waals surface area contributed by atoms with Gasteiger partial charge in [0, 0.05) is 25.6 Å². The molecule has 0 aromatic carbocycles. The summed E-state index contributed by atoms with van der Waals surface area (Å²) in [6.07, 6.45) is 2.86. The molecule has 2 N–H and O–H groups in total. The van der Waals surface area contributed by atoms with E-state index in [0.29, 0.717) is 18.9 Å². The molecule has 2 atom stereocenters. The lowest BCUT2D eigenvalue weighted by Crippen LogP contribution is -2.39. The summed E-state index contributed by atoms with van der Waals surface area (Å²) in [4.78, 5) is 13.5. The van der Waals surface area contributed by atoms with Crippen LogP contribution in [0.2, 0.25) is 0 Å². The summed E-state index contributed by atoms with van der Waals surface area (Å²) in [6.45, 7) is 5.76. The second kappa shape index (κ2) is 4.61. The van der Waals surface area contributed by atoms with E-state index in [0.717, 1.165) is 19.4 Å². The molecule has 0 spiro atoms. The molecule has 3 nitrogen and oxygen atoms in total. The fourth-order valence-corrected chi connectivity index (χ4v) is 1.71. The number of likely N-dealkylation sites (tertiary alicyclic amines) is 1. The Kier molecular flexibility index (Phi) is 3.72. The summed E-state index contributed by atoms with van der Waals surface area (Å²) in [7, 11) is 0. The number of hydrogen-bond donors (Lipinski definition) is 1. The van der Waals surface area contributed by atoms with Gasteiger partial charge in [0.25, 0.3) is 0 Å². The van der Waals surface area contributed by atoms with Crippen LogP contribution in [-0.4, -0.2) is 29.9 Å². The van der Waals surface area contributed by atoms with E-state index in [9.17, 15) is 4.79 Å². The predicted octanol–water partition coefficient (Wildman–Crippen LogP) is 0.982. The molecule has 13 heavy (non-hydrogen) atoms. The number of nitrogens with two attached hydrogens (primary N) is 1. The van der Waals surface area contributed by atoms with E-state index in [1.54, 1.807) is 0 Å². The number of amides is 1. The summed E-state index contributed by atoms with van der Waals surface area (Å²) in [5.74, 6) is 0.962. The van der Waals surface area contributed by atoms with Crippen LogP contribution in [0.15, 0.2) is 0 Å². The molecule has 0 aromatic rings. The van der Waals surface area contributed by atoms with Crippen molar-refractivity contribution in [3.05, 3.63) is 0 Å². The number of nitrogens with zero attached hydrogens (tertiary/aromatic N) is 1. The van der Waals surface area contributed by atoms with E-state index in [1.807, 2.05) is 11.8 Å². The first-order chi connectivity index (χ1) is 6.09. The van der Waals surface area contributed by atoms with Crippen molar-refractivity contribution in [2.45, 2.75) is 39.2 Å². The smallest absolute Gasteiger partial charge is 0.222 e. The minimum absolute atomic E-state index is 0.0948. The second-order valence-corrected chi connectivity index (χ2v) is 4.25. The topological polar surface area (TPSA) is 46.3 Å². The Labute approximate surface area is 80.3 Å². The van der Waals surface area contributed by atoms with E-state index >= 15 is 0 Å². The molecular formula is C10H20N2O. The number of rotatable bonds is 2. The standard InChI is InChI=1S/C10H20N2O/c1-8-3-4-10(13)12(6-5-8)7-9(2)11/h8-9H,3-7,11H2,1-2H3/t8?,9-/m0/s1. The fraction of sp³-hybridized carbons (Fsp3) is 0.900. The van der Waals surface area contributed by atoms with Crippen LogP contribution >= 0.6 is 0 Å². The maximum absolute atomic E-state index is 11.6. The lowest BCUT2D eigenvalue weighted by molar-refractivity contribution is -0.130. The zero-order valence-corrected chi connectivity index (χ0v) is 8.62. The lowest BCUT2D eigenvalue weighted by atomic mass is 10.0. The molecule has 0 radical (unpaired) electrons. The molecular weight excluding hydrogens is 164 g/mol. The van der Waals surface area contributed by atoms with Crippen LogP contribution in [0.25, 0.3) is 0 Å². The van der Waals surface area contributed by atoms with Crippen molar-refractivity contribution in [1.29, 1.82) is 0 Å². The highest BCUT2D eigenvalue weighted by atomic mass is 16.2. The van der Waals surface area contributed by atoms with E-state index in [-0.39, 0.29) is 11.9 Å². The molecule has 3 heteroatoms. The molecule has 1 aliphatic rings. The van der Waals surface area contributed by atoms with Crippen LogP contribution in [-0.2, 0) is 4.79 Å². The highest BCUT2D eigenvalue weighted by Crippen LogP contribution is 2.17. The zero-order valence-electron chi connectivity index (χ0n) is 8.62.